The van der Waals surface area contributed by atoms with Crippen molar-refractivity contribution in [1.82, 2.24) is 15.2 Å². The molecule has 1 aromatic carbocycles. The van der Waals surface area contributed by atoms with E-state index in [2.05, 4.69) is 5.32 Å². The third-order valence-electron chi connectivity index (χ3n) is 7.07. The van der Waals surface area contributed by atoms with Crippen LogP contribution in [0.3, 0.4) is 0 Å². The van der Waals surface area contributed by atoms with Crippen LogP contribution >= 0.6 is 0 Å². The Morgan fingerprint density at radius 1 is 1.06 bits per heavy atom. The molecule has 2 heterocycles. The number of amides is 2. The third kappa shape index (κ3) is 5.73. The number of pyridine rings is 1. The van der Waals surface area contributed by atoms with Crippen LogP contribution in [0, 0.1) is 12.8 Å². The molecule has 6 heteroatoms. The Hall–Kier alpha value is -2.89. The van der Waals surface area contributed by atoms with Crippen LogP contribution in [0.4, 0.5) is 0 Å². The van der Waals surface area contributed by atoms with Crippen LogP contribution in [0.25, 0.3) is 0 Å². The van der Waals surface area contributed by atoms with Gasteiger partial charge in [0.2, 0.25) is 0 Å². The fourth-order valence-electron chi connectivity index (χ4n) is 5.10. The number of aromatic nitrogens is 1. The number of aryl methyl sites for hydroxylation is 1. The zero-order chi connectivity index (χ0) is 23.2. The van der Waals surface area contributed by atoms with Gasteiger partial charge in [-0.1, -0.05) is 25.3 Å². The summed E-state index contributed by atoms with van der Waals surface area (Å²) < 4.78 is 5.26. The number of carbonyl (C=O) groups excluding carboxylic acids is 2. The highest BCUT2D eigenvalue weighted by Crippen LogP contribution is 2.30. The molecular formula is C27H35N3O3. The van der Waals surface area contributed by atoms with Crippen molar-refractivity contribution < 1.29 is 14.3 Å². The number of nitrogens with zero attached hydrogens (tertiary/aromatic N) is 2. The quantitative estimate of drug-likeness (QED) is 0.692. The summed E-state index contributed by atoms with van der Waals surface area (Å²) in [5, 5.41) is 3.17. The Labute approximate surface area is 196 Å². The zero-order valence-corrected chi connectivity index (χ0v) is 19.8. The van der Waals surface area contributed by atoms with Gasteiger partial charge in [-0.3, -0.25) is 14.6 Å². The van der Waals surface area contributed by atoms with Crippen molar-refractivity contribution in [2.24, 2.45) is 5.92 Å². The number of hydrogen-bond acceptors (Lipinski definition) is 4. The number of piperidine rings is 1. The monoisotopic (exact) mass is 449 g/mol. The van der Waals surface area contributed by atoms with Crippen molar-refractivity contribution in [3.63, 3.8) is 0 Å². The topological polar surface area (TPSA) is 71.5 Å². The van der Waals surface area contributed by atoms with Crippen molar-refractivity contribution in [2.45, 2.75) is 57.8 Å². The van der Waals surface area contributed by atoms with E-state index in [0.29, 0.717) is 35.9 Å². The molecule has 1 aliphatic heterocycles. The molecule has 0 radical (unpaired) electrons. The number of benzene rings is 1. The fourth-order valence-corrected chi connectivity index (χ4v) is 5.10. The number of rotatable bonds is 6. The van der Waals surface area contributed by atoms with E-state index < -0.39 is 0 Å². The Morgan fingerprint density at radius 3 is 2.55 bits per heavy atom. The Balaban J connectivity index is 1.40. The molecule has 0 unspecified atom stereocenters. The first-order valence-electron chi connectivity index (χ1n) is 12.2. The van der Waals surface area contributed by atoms with E-state index in [1.807, 2.05) is 42.2 Å². The summed E-state index contributed by atoms with van der Waals surface area (Å²) in [5.74, 6) is 1.46. The van der Waals surface area contributed by atoms with Gasteiger partial charge >= 0.3 is 0 Å². The number of carbonyl (C=O) groups is 2. The molecule has 0 spiro atoms. The average molecular weight is 450 g/mol. The number of likely N-dealkylation sites (tertiary alicyclic amines) is 1. The molecule has 1 aromatic heterocycles. The highest BCUT2D eigenvalue weighted by Gasteiger charge is 2.28. The van der Waals surface area contributed by atoms with Gasteiger partial charge in [0.1, 0.15) is 5.75 Å². The smallest absolute Gasteiger partial charge is 0.253 e. The minimum Gasteiger partial charge on any atom is -0.497 e. The molecule has 2 amide bonds. The van der Waals surface area contributed by atoms with Crippen LogP contribution in [0.15, 0.2) is 36.4 Å². The van der Waals surface area contributed by atoms with Gasteiger partial charge in [-0.2, -0.15) is 0 Å². The van der Waals surface area contributed by atoms with Crippen molar-refractivity contribution in [3.8, 4) is 5.75 Å². The lowest BCUT2D eigenvalue weighted by Crippen LogP contribution is -2.38. The molecule has 1 saturated heterocycles. The largest absolute Gasteiger partial charge is 0.497 e. The van der Waals surface area contributed by atoms with Crippen LogP contribution < -0.4 is 10.1 Å². The van der Waals surface area contributed by atoms with E-state index in [1.54, 1.807) is 13.2 Å². The number of hydrogen-bond donors (Lipinski definition) is 1. The molecule has 1 aliphatic carbocycles. The van der Waals surface area contributed by atoms with Crippen molar-refractivity contribution in [3.05, 3.63) is 58.9 Å². The van der Waals surface area contributed by atoms with E-state index in [-0.39, 0.29) is 17.7 Å². The maximum atomic E-state index is 13.1. The van der Waals surface area contributed by atoms with Crippen LogP contribution in [0.2, 0.25) is 0 Å². The van der Waals surface area contributed by atoms with Gasteiger partial charge in [-0.25, -0.2) is 0 Å². The van der Waals surface area contributed by atoms with Crippen LogP contribution in [0.5, 0.6) is 5.75 Å². The Morgan fingerprint density at radius 2 is 1.82 bits per heavy atom. The second-order valence-corrected chi connectivity index (χ2v) is 9.40. The standard InChI is InChI=1S/C27H35N3O3/c1-19-11-12-24(26(31)28-18-20-7-4-3-5-8-20)25(29-19)21-13-15-30(16-14-21)27(32)22-9-6-10-23(17-22)33-2/h6,9-12,17,20-21H,3-5,7-8,13-16,18H2,1-2H3,(H,28,31). The lowest BCUT2D eigenvalue weighted by molar-refractivity contribution is 0.0710. The summed E-state index contributed by atoms with van der Waals surface area (Å²) in [6, 6.07) is 11.1. The first-order chi connectivity index (χ1) is 16.0. The second kappa shape index (κ2) is 10.8. The van der Waals surface area contributed by atoms with Gasteiger partial charge in [0.15, 0.2) is 0 Å². The molecule has 1 N–H and O–H groups in total. The summed E-state index contributed by atoms with van der Waals surface area (Å²) in [6.45, 7) is 4.02. The summed E-state index contributed by atoms with van der Waals surface area (Å²) in [5.41, 5.74) is 3.13. The second-order valence-electron chi connectivity index (χ2n) is 9.40. The predicted molar refractivity (Wildman–Crippen MR) is 129 cm³/mol. The minimum atomic E-state index is -0.0158. The molecule has 0 atom stereocenters. The molecule has 2 aliphatic rings. The average Bonchev–Trinajstić information content (AvgIpc) is 2.87. The van der Waals surface area contributed by atoms with E-state index in [1.165, 1.54) is 32.1 Å². The first-order valence-corrected chi connectivity index (χ1v) is 12.2. The third-order valence-corrected chi connectivity index (χ3v) is 7.07. The van der Waals surface area contributed by atoms with E-state index in [0.717, 1.165) is 30.8 Å². The highest BCUT2D eigenvalue weighted by atomic mass is 16.5. The summed E-state index contributed by atoms with van der Waals surface area (Å²) in [6.07, 6.45) is 7.87. The van der Waals surface area contributed by atoms with Gasteiger partial charge in [-0.15, -0.1) is 0 Å². The predicted octanol–water partition coefficient (Wildman–Crippen LogP) is 4.73. The summed E-state index contributed by atoms with van der Waals surface area (Å²) >= 11 is 0. The first kappa shape index (κ1) is 23.3. The van der Waals surface area contributed by atoms with Crippen molar-refractivity contribution >= 4 is 11.8 Å². The summed E-state index contributed by atoms with van der Waals surface area (Å²) in [4.78, 5) is 32.7. The molecular weight excluding hydrogens is 414 g/mol. The molecule has 176 valence electrons. The van der Waals surface area contributed by atoms with E-state index in [9.17, 15) is 9.59 Å². The van der Waals surface area contributed by atoms with Gasteiger partial charge in [0.05, 0.1) is 18.4 Å². The SMILES string of the molecule is COc1cccc(C(=O)N2CCC(c3nc(C)ccc3C(=O)NCC3CCCCC3)CC2)c1. The highest BCUT2D eigenvalue weighted by molar-refractivity contribution is 5.96. The van der Waals surface area contributed by atoms with E-state index >= 15 is 0 Å². The Kier molecular flexibility index (Phi) is 7.63. The van der Waals surface area contributed by atoms with Gasteiger partial charge in [0.25, 0.3) is 11.8 Å². The van der Waals surface area contributed by atoms with Crippen LogP contribution in [-0.2, 0) is 0 Å². The van der Waals surface area contributed by atoms with Gasteiger partial charge < -0.3 is 15.0 Å². The number of nitrogens with one attached hydrogen (secondary N) is 1. The van der Waals surface area contributed by atoms with Gasteiger partial charge in [0, 0.05) is 36.8 Å². The molecule has 2 aromatic rings. The maximum Gasteiger partial charge on any atom is 0.253 e. The number of methoxy groups -OCH3 is 1. The number of ether oxygens (including phenoxy) is 1. The van der Waals surface area contributed by atoms with Crippen LogP contribution in [-0.4, -0.2) is 48.4 Å². The van der Waals surface area contributed by atoms with Crippen molar-refractivity contribution in [1.29, 1.82) is 0 Å². The molecule has 0 bridgehead atoms. The minimum absolute atomic E-state index is 0.0158. The molecule has 1 saturated carbocycles. The lowest BCUT2D eigenvalue weighted by atomic mass is 9.88. The molecule has 2 fully saturated rings. The summed E-state index contributed by atoms with van der Waals surface area (Å²) in [7, 11) is 1.60. The maximum absolute atomic E-state index is 13.1. The molecule has 4 rings (SSSR count). The van der Waals surface area contributed by atoms with Crippen molar-refractivity contribution in [2.75, 3.05) is 26.7 Å². The normalized spacial score (nSPS) is 17.6. The Bertz CT molecular complexity index is 976. The van der Waals surface area contributed by atoms with Gasteiger partial charge in [-0.05, 0) is 68.9 Å². The lowest BCUT2D eigenvalue weighted by Gasteiger charge is -2.32. The van der Waals surface area contributed by atoms with E-state index in [4.69, 9.17) is 9.72 Å². The fraction of sp³-hybridized carbons (Fsp3) is 0.519. The zero-order valence-electron chi connectivity index (χ0n) is 19.8. The van der Waals surface area contributed by atoms with Crippen LogP contribution in [0.1, 0.15) is 83.0 Å². The molecule has 33 heavy (non-hydrogen) atoms. The molecule has 6 nitrogen and oxygen atoms in total.